The number of amides is 1. The Balaban J connectivity index is 1.40. The Morgan fingerprint density at radius 3 is 2.33 bits per heavy atom. The van der Waals surface area contributed by atoms with E-state index in [0.717, 1.165) is 24.7 Å². The van der Waals surface area contributed by atoms with Crippen molar-refractivity contribution >= 4 is 13.0 Å². The quantitative estimate of drug-likeness (QED) is 0.730. The average molecular weight is 328 g/mol. The molecule has 5 rings (SSSR count). The number of rotatable bonds is 2. The maximum Gasteiger partial charge on any atom is 0.490 e. The van der Waals surface area contributed by atoms with Gasteiger partial charge in [0.1, 0.15) is 0 Å². The topological polar surface area (TPSA) is 62.6 Å². The van der Waals surface area contributed by atoms with Crippen molar-refractivity contribution in [2.45, 2.75) is 58.2 Å². The highest BCUT2D eigenvalue weighted by atomic mass is 16.7. The maximum atomic E-state index is 12.7. The Hall–Kier alpha value is -1.32. The normalized spacial score (nSPS) is 38.7. The van der Waals surface area contributed by atoms with E-state index in [0.29, 0.717) is 19.0 Å². The van der Waals surface area contributed by atoms with Crippen LogP contribution in [0.5, 0.6) is 0 Å². The van der Waals surface area contributed by atoms with E-state index in [-0.39, 0.29) is 35.6 Å². The standard InChI is InChI=1S/C18H25BN2O3/c1-16(2)17(3,4)24-19(23-16)13-5-7-21(8-6-13)15(22)14-12-9-18(14,10-12)11-20/h5,12,14H,6-10H2,1-4H3. The van der Waals surface area contributed by atoms with Crippen LogP contribution in [0.2, 0.25) is 0 Å². The fourth-order valence-electron chi connectivity index (χ4n) is 4.38. The van der Waals surface area contributed by atoms with E-state index >= 15 is 0 Å². The average Bonchev–Trinajstić information content (AvgIpc) is 2.66. The van der Waals surface area contributed by atoms with E-state index < -0.39 is 0 Å². The summed E-state index contributed by atoms with van der Waals surface area (Å²) in [5, 5.41) is 9.32. The summed E-state index contributed by atoms with van der Waals surface area (Å²) in [5.41, 5.74) is 0.124. The third-order valence-corrected chi connectivity index (χ3v) is 6.92. The number of carbonyl (C=O) groups excluding carboxylic acids is 1. The van der Waals surface area contributed by atoms with Gasteiger partial charge in [-0.3, -0.25) is 4.79 Å². The molecular formula is C18H25BN2O3. The summed E-state index contributed by atoms with van der Waals surface area (Å²) >= 11 is 0. The molecule has 2 heterocycles. The molecule has 1 unspecified atom stereocenters. The van der Waals surface area contributed by atoms with E-state index in [4.69, 9.17) is 9.31 Å². The smallest absolute Gasteiger partial charge is 0.400 e. The van der Waals surface area contributed by atoms with Crippen LogP contribution in [0.4, 0.5) is 0 Å². The predicted molar refractivity (Wildman–Crippen MR) is 89.6 cm³/mol. The maximum absolute atomic E-state index is 12.7. The highest BCUT2D eigenvalue weighted by Crippen LogP contribution is 2.68. The van der Waals surface area contributed by atoms with E-state index in [2.05, 4.69) is 39.8 Å². The molecule has 1 amide bonds. The zero-order valence-electron chi connectivity index (χ0n) is 15.0. The number of hydrogen-bond acceptors (Lipinski definition) is 4. The van der Waals surface area contributed by atoms with Gasteiger partial charge in [-0.2, -0.15) is 5.26 Å². The minimum absolute atomic E-state index is 0.0469. The molecule has 1 atom stereocenters. The molecule has 0 aromatic heterocycles. The second kappa shape index (κ2) is 4.86. The van der Waals surface area contributed by atoms with Crippen molar-refractivity contribution < 1.29 is 14.1 Å². The van der Waals surface area contributed by atoms with Crippen LogP contribution in [0.3, 0.4) is 0 Å². The van der Waals surface area contributed by atoms with Gasteiger partial charge >= 0.3 is 7.12 Å². The van der Waals surface area contributed by atoms with Crippen molar-refractivity contribution in [3.8, 4) is 6.07 Å². The first kappa shape index (κ1) is 16.2. The molecule has 0 aromatic carbocycles. The highest BCUT2D eigenvalue weighted by molar-refractivity contribution is 6.54. The lowest BCUT2D eigenvalue weighted by molar-refractivity contribution is -0.182. The fraction of sp³-hybridized carbons (Fsp3) is 0.778. The Morgan fingerprint density at radius 2 is 1.92 bits per heavy atom. The van der Waals surface area contributed by atoms with E-state index in [1.807, 2.05) is 4.90 Å². The minimum Gasteiger partial charge on any atom is -0.400 e. The van der Waals surface area contributed by atoms with E-state index in [1.54, 1.807) is 0 Å². The zero-order valence-corrected chi connectivity index (χ0v) is 15.0. The van der Waals surface area contributed by atoms with Crippen LogP contribution in [-0.2, 0) is 14.1 Å². The summed E-state index contributed by atoms with van der Waals surface area (Å²) in [5.74, 6) is 0.572. The second-order valence-corrected chi connectivity index (χ2v) is 8.82. The Kier molecular flexibility index (Phi) is 3.28. The molecular weight excluding hydrogens is 303 g/mol. The van der Waals surface area contributed by atoms with Gasteiger partial charge in [-0.1, -0.05) is 6.08 Å². The van der Waals surface area contributed by atoms with Gasteiger partial charge in [-0.05, 0) is 58.3 Å². The van der Waals surface area contributed by atoms with Gasteiger partial charge in [0.25, 0.3) is 0 Å². The molecule has 0 radical (unpaired) electrons. The first-order valence-electron chi connectivity index (χ1n) is 8.94. The monoisotopic (exact) mass is 328 g/mol. The van der Waals surface area contributed by atoms with Crippen molar-refractivity contribution in [1.82, 2.24) is 4.90 Å². The molecule has 6 heteroatoms. The molecule has 24 heavy (non-hydrogen) atoms. The number of nitriles is 1. The SMILES string of the molecule is CC1(C)OB(C2=CCN(C(=O)C3C4CC3(C#N)C4)CC2)OC1(C)C. The summed E-state index contributed by atoms with van der Waals surface area (Å²) in [4.78, 5) is 14.6. The lowest BCUT2D eigenvalue weighted by Gasteiger charge is -2.63. The minimum atomic E-state index is -0.336. The van der Waals surface area contributed by atoms with Crippen LogP contribution in [-0.4, -0.2) is 42.2 Å². The van der Waals surface area contributed by atoms with Crippen LogP contribution in [0.1, 0.15) is 47.0 Å². The Bertz CT molecular complexity index is 642. The van der Waals surface area contributed by atoms with Crippen molar-refractivity contribution in [3.05, 3.63) is 11.5 Å². The van der Waals surface area contributed by atoms with Gasteiger partial charge in [0.15, 0.2) is 0 Å². The van der Waals surface area contributed by atoms with Gasteiger partial charge in [0.05, 0.1) is 28.6 Å². The van der Waals surface area contributed by atoms with Crippen LogP contribution in [0.25, 0.3) is 0 Å². The first-order valence-corrected chi connectivity index (χ1v) is 8.94. The van der Waals surface area contributed by atoms with Gasteiger partial charge in [-0.25, -0.2) is 0 Å². The van der Waals surface area contributed by atoms with E-state index in [1.165, 1.54) is 0 Å². The van der Waals surface area contributed by atoms with Crippen molar-refractivity contribution in [2.75, 3.05) is 13.1 Å². The molecule has 0 aromatic rings. The summed E-state index contributed by atoms with van der Waals surface area (Å²) < 4.78 is 12.2. The highest BCUT2D eigenvalue weighted by Gasteiger charge is 2.69. The van der Waals surface area contributed by atoms with Gasteiger partial charge in [0, 0.05) is 13.1 Å². The lowest BCUT2D eigenvalue weighted by Crippen LogP contribution is -2.66. The van der Waals surface area contributed by atoms with E-state index in [9.17, 15) is 10.1 Å². The van der Waals surface area contributed by atoms with Gasteiger partial charge in [0.2, 0.25) is 5.91 Å². The largest absolute Gasteiger partial charge is 0.490 e. The molecule has 5 nitrogen and oxygen atoms in total. The number of carbonyl (C=O) groups is 1. The number of nitrogens with zero attached hydrogens (tertiary/aromatic N) is 2. The summed E-state index contributed by atoms with van der Waals surface area (Å²) in [6, 6.07) is 2.38. The van der Waals surface area contributed by atoms with Gasteiger partial charge in [-0.15, -0.1) is 0 Å². The van der Waals surface area contributed by atoms with Crippen LogP contribution in [0.15, 0.2) is 11.5 Å². The van der Waals surface area contributed by atoms with Crippen LogP contribution in [0, 0.1) is 28.6 Å². The fourth-order valence-corrected chi connectivity index (χ4v) is 4.38. The number of hydrogen-bond donors (Lipinski definition) is 0. The van der Waals surface area contributed by atoms with Crippen molar-refractivity contribution in [1.29, 1.82) is 5.26 Å². The third kappa shape index (κ3) is 2.04. The lowest BCUT2D eigenvalue weighted by atomic mass is 9.38. The third-order valence-electron chi connectivity index (χ3n) is 6.92. The second-order valence-electron chi connectivity index (χ2n) is 8.82. The summed E-state index contributed by atoms with van der Waals surface area (Å²) in [7, 11) is -0.310. The molecule has 3 saturated carbocycles. The Morgan fingerprint density at radius 1 is 1.29 bits per heavy atom. The van der Waals surface area contributed by atoms with Crippen LogP contribution >= 0.6 is 0 Å². The molecule has 3 aliphatic carbocycles. The molecule has 2 aliphatic heterocycles. The molecule has 0 spiro atoms. The molecule has 1 saturated heterocycles. The molecule has 2 bridgehead atoms. The molecule has 5 aliphatic rings. The van der Waals surface area contributed by atoms with Crippen molar-refractivity contribution in [2.24, 2.45) is 17.3 Å². The first-order chi connectivity index (χ1) is 11.2. The summed E-state index contributed by atoms with van der Waals surface area (Å²) in [6.07, 6.45) is 4.69. The molecule has 0 N–H and O–H groups in total. The zero-order chi connectivity index (χ0) is 17.3. The molecule has 4 fully saturated rings. The Labute approximate surface area is 144 Å². The molecule has 128 valence electrons. The van der Waals surface area contributed by atoms with Gasteiger partial charge < -0.3 is 14.2 Å². The summed E-state index contributed by atoms with van der Waals surface area (Å²) in [6.45, 7) is 9.50. The van der Waals surface area contributed by atoms with Crippen LogP contribution < -0.4 is 0 Å². The van der Waals surface area contributed by atoms with Crippen molar-refractivity contribution in [3.63, 3.8) is 0 Å². The predicted octanol–water partition coefficient (Wildman–Crippen LogP) is 2.33.